The summed E-state index contributed by atoms with van der Waals surface area (Å²) in [4.78, 5) is 56.4. The number of methoxy groups -OCH3 is 1. The molecule has 3 aromatic heterocycles. The second kappa shape index (κ2) is 18.1. The Labute approximate surface area is 348 Å². The van der Waals surface area contributed by atoms with Crippen molar-refractivity contribution in [2.24, 2.45) is 23.7 Å². The minimum absolute atomic E-state index is 0. The van der Waals surface area contributed by atoms with Crippen molar-refractivity contribution < 1.29 is 23.9 Å². The molecule has 1 N–H and O–H groups in total. The number of nitrogens with one attached hydrogen (secondary N) is 1. The number of carbonyl (C=O) groups is 3. The van der Waals surface area contributed by atoms with Crippen molar-refractivity contribution in [3.63, 3.8) is 0 Å². The third kappa shape index (κ3) is 8.19. The maximum Gasteiger partial charge on any atom is 2.00 e. The molecule has 5 heterocycles. The number of fused-ring (bicyclic) bond motifs is 7. The molecule has 2 aliphatic heterocycles. The third-order valence-corrected chi connectivity index (χ3v) is 12.4. The minimum atomic E-state index is -1.17. The van der Waals surface area contributed by atoms with Crippen molar-refractivity contribution in [2.45, 2.75) is 114 Å². The Morgan fingerprint density at radius 1 is 0.911 bits per heavy atom. The second-order valence-corrected chi connectivity index (χ2v) is 15.8. The molecule has 294 valence electrons. The summed E-state index contributed by atoms with van der Waals surface area (Å²) in [7, 11) is 1.31. The number of esters is 2. The fourth-order valence-corrected chi connectivity index (χ4v) is 8.63. The molecule has 9 nitrogen and oxygen atoms in total. The summed E-state index contributed by atoms with van der Waals surface area (Å²) < 4.78 is 11.0. The van der Waals surface area contributed by atoms with E-state index >= 15 is 0 Å². The quantitative estimate of drug-likeness (QED) is 0.0927. The monoisotopic (exact) mass is 769 g/mol. The van der Waals surface area contributed by atoms with Crippen LogP contribution in [0.2, 0.25) is 0 Å². The predicted octanol–water partition coefficient (Wildman–Crippen LogP) is 6.28. The maximum atomic E-state index is 14.3. The Bertz CT molecular complexity index is 2230. The summed E-state index contributed by atoms with van der Waals surface area (Å²) in [6, 6.07) is 0. The van der Waals surface area contributed by atoms with Crippen LogP contribution < -0.4 is 31.0 Å². The summed E-state index contributed by atoms with van der Waals surface area (Å²) in [5.41, 5.74) is 11.9. The van der Waals surface area contributed by atoms with Gasteiger partial charge in [-0.15, -0.1) is 33.5 Å². The Morgan fingerprint density at radius 3 is 2.29 bits per heavy atom. The predicted molar refractivity (Wildman–Crippen MR) is 222 cm³/mol. The number of Topliss-reactive ketones (excluding diaryl/α,β-unsaturated/α-hetero) is 1. The van der Waals surface area contributed by atoms with Crippen molar-refractivity contribution in [1.29, 1.82) is 0 Å². The van der Waals surface area contributed by atoms with Crippen LogP contribution in [0.1, 0.15) is 141 Å². The number of carbonyl (C=O) groups excluding carboxylic acids is 3. The number of ketones is 1. The first-order valence-electron chi connectivity index (χ1n) is 20.2. The van der Waals surface area contributed by atoms with E-state index in [1.165, 1.54) is 31.1 Å². The molecule has 1 aliphatic carbocycles. The van der Waals surface area contributed by atoms with Gasteiger partial charge in [-0.25, -0.2) is 0 Å². The second-order valence-electron chi connectivity index (χ2n) is 15.8. The Hall–Kier alpha value is -4.02. The normalized spacial score (nSPS) is 22.6. The number of hydrogen-bond acceptors (Lipinski definition) is 6. The van der Waals surface area contributed by atoms with E-state index in [0.29, 0.717) is 40.2 Å². The van der Waals surface area contributed by atoms with Gasteiger partial charge in [0.1, 0.15) is 12.5 Å². The molecule has 1 saturated heterocycles. The topological polar surface area (TPSA) is 124 Å². The standard InChI is InChI=1S/C46H58N4O5.Mg/c1-11-24(4)15-14-16-25(5)19-20-55-39(51)18-17-32-28(8)35-21-33-26(6)30(12-2)37(47-33)22-34-27(7)31(13-3)38(48-34)23-36-29(9)40-44(50-36)41(43(32)49-35)42(45(40)52)46(53)54-10;/h19,21-24,28,32,42H,11-18,20H2,1-10H3,(H2,49,50,52);/q-2;+2/p-1/b25-19-,34-22-,35-21-,38-23-;/t24-,28+,32+,42-;/m1./s1. The average molecular weight is 770 g/mol. The summed E-state index contributed by atoms with van der Waals surface area (Å²) in [6.45, 7) is 19.3. The van der Waals surface area contributed by atoms with Crippen LogP contribution in [-0.4, -0.2) is 54.5 Å². The molecule has 0 radical (unpaired) electrons. The average Bonchev–Trinajstić information content (AvgIpc) is 3.90. The van der Waals surface area contributed by atoms with E-state index in [1.54, 1.807) is 0 Å². The van der Waals surface area contributed by atoms with Gasteiger partial charge in [-0.05, 0) is 77.4 Å². The van der Waals surface area contributed by atoms with E-state index < -0.39 is 11.9 Å². The SMILES string of the molecule is CCc1c2[n-]c(c1C)/C=C1\N/C(=C3\c4[n-]c(c(C)c4C(=O)[C@@H]3C(=O)OC)/C=c3\[n-]/c(c(C)c3CC)=C\2)[C@@H](CCC(=O)OC/C=C(/C)CCC[C@H](C)CC)[C@@H]1C.[Mg+2]. The van der Waals surface area contributed by atoms with E-state index in [9.17, 15) is 14.4 Å². The number of nitrogens with zero attached hydrogens (tertiary/aromatic N) is 3. The van der Waals surface area contributed by atoms with Gasteiger partial charge in [0.05, 0.1) is 7.11 Å². The maximum absolute atomic E-state index is 14.3. The molecule has 10 heteroatoms. The first-order chi connectivity index (χ1) is 26.3. The van der Waals surface area contributed by atoms with E-state index in [4.69, 9.17) is 24.4 Å². The largest absolute Gasteiger partial charge is 2.00 e. The van der Waals surface area contributed by atoms with Crippen molar-refractivity contribution >= 4 is 64.6 Å². The van der Waals surface area contributed by atoms with Crippen molar-refractivity contribution in [1.82, 2.24) is 20.3 Å². The summed E-state index contributed by atoms with van der Waals surface area (Å²) in [5.74, 6) is -2.03. The van der Waals surface area contributed by atoms with Gasteiger partial charge in [0.15, 0.2) is 5.78 Å². The van der Waals surface area contributed by atoms with Gasteiger partial charge >= 0.3 is 35.0 Å². The van der Waals surface area contributed by atoms with E-state index in [2.05, 4.69) is 72.9 Å². The van der Waals surface area contributed by atoms with Crippen LogP contribution in [0.25, 0.3) is 23.8 Å². The number of aromatic nitrogens is 3. The fourth-order valence-electron chi connectivity index (χ4n) is 8.63. The van der Waals surface area contributed by atoms with Crippen LogP contribution >= 0.6 is 0 Å². The Morgan fingerprint density at radius 2 is 1.61 bits per heavy atom. The van der Waals surface area contributed by atoms with Crippen LogP contribution in [0, 0.1) is 44.4 Å². The molecule has 1 fully saturated rings. The molecule has 0 unspecified atom stereocenters. The third-order valence-electron chi connectivity index (χ3n) is 12.4. The van der Waals surface area contributed by atoms with Gasteiger partial charge in [-0.2, -0.15) is 0 Å². The first kappa shape index (κ1) is 43.1. The van der Waals surface area contributed by atoms with Crippen LogP contribution in [0.5, 0.6) is 0 Å². The molecule has 0 aromatic carbocycles. The van der Waals surface area contributed by atoms with Crippen LogP contribution in [-0.2, 0) is 31.9 Å². The van der Waals surface area contributed by atoms with Crippen LogP contribution in [0.4, 0.5) is 0 Å². The van der Waals surface area contributed by atoms with E-state index in [0.717, 1.165) is 76.1 Å². The zero-order valence-corrected chi connectivity index (χ0v) is 36.5. The molecule has 3 aromatic rings. The summed E-state index contributed by atoms with van der Waals surface area (Å²) >= 11 is 0. The summed E-state index contributed by atoms with van der Waals surface area (Å²) in [5, 5.41) is 5.35. The van der Waals surface area contributed by atoms with Gasteiger partial charge in [-0.1, -0.05) is 99.1 Å². The van der Waals surface area contributed by atoms with Crippen molar-refractivity contribution in [3.05, 3.63) is 89.9 Å². The zero-order valence-electron chi connectivity index (χ0n) is 35.1. The minimum Gasteiger partial charge on any atom is -0.657 e. The summed E-state index contributed by atoms with van der Waals surface area (Å²) in [6.07, 6.45) is 14.9. The molecule has 6 rings (SSSR count). The van der Waals surface area contributed by atoms with Gasteiger partial charge < -0.3 is 29.7 Å². The van der Waals surface area contributed by atoms with Gasteiger partial charge in [0.25, 0.3) is 0 Å². The molecule has 3 aliphatic rings. The number of allylic oxidation sites excluding steroid dienone is 3. The molecule has 0 amide bonds. The Balaban J connectivity index is 0.00000600. The van der Waals surface area contributed by atoms with Gasteiger partial charge in [0.2, 0.25) is 0 Å². The molecular weight excluding hydrogens is 713 g/mol. The van der Waals surface area contributed by atoms with Crippen molar-refractivity contribution in [3.8, 4) is 0 Å². The van der Waals surface area contributed by atoms with E-state index in [1.807, 2.05) is 19.1 Å². The molecule has 0 spiro atoms. The number of ether oxygens (including phenoxy) is 2. The van der Waals surface area contributed by atoms with Gasteiger partial charge in [0, 0.05) is 35.2 Å². The molecule has 0 saturated carbocycles. The van der Waals surface area contributed by atoms with E-state index in [-0.39, 0.29) is 59.7 Å². The number of rotatable bonds is 13. The fraction of sp³-hybridized carbons (Fsp3) is 0.500. The number of hydrogen-bond donors (Lipinski definition) is 1. The smallest absolute Gasteiger partial charge is 0.657 e. The molecular formula is C46H57MgN4O5-. The van der Waals surface area contributed by atoms with Crippen LogP contribution in [0.3, 0.4) is 0 Å². The first-order valence-corrected chi connectivity index (χ1v) is 20.2. The van der Waals surface area contributed by atoms with Crippen molar-refractivity contribution in [2.75, 3.05) is 13.7 Å². The molecule has 56 heavy (non-hydrogen) atoms. The zero-order chi connectivity index (χ0) is 39.7. The van der Waals surface area contributed by atoms with Gasteiger partial charge in [-0.3, -0.25) is 14.4 Å². The van der Waals surface area contributed by atoms with Crippen LogP contribution in [0.15, 0.2) is 23.0 Å². The molecule has 4 atom stereocenters. The molecule has 8 bridgehead atoms. The Kier molecular flexibility index (Phi) is 13.9.